The molecule has 0 aromatic heterocycles. The summed E-state index contributed by atoms with van der Waals surface area (Å²) in [6.45, 7) is 2.82. The minimum atomic E-state index is -3.51. The summed E-state index contributed by atoms with van der Waals surface area (Å²) in [6.07, 6.45) is 1.54. The van der Waals surface area contributed by atoms with Crippen molar-refractivity contribution in [2.45, 2.75) is 24.7 Å². The number of anilines is 1. The number of halogens is 1. The molecule has 1 heterocycles. The van der Waals surface area contributed by atoms with E-state index in [1.54, 1.807) is 17.0 Å². The topological polar surface area (TPSA) is 75.7 Å². The molecule has 3 rings (SSSR count). The molecule has 144 valence electrons. The van der Waals surface area contributed by atoms with Crippen LogP contribution in [0.1, 0.15) is 18.9 Å². The van der Waals surface area contributed by atoms with Crippen LogP contribution in [0.5, 0.6) is 5.75 Å². The number of benzene rings is 2. The Morgan fingerprint density at radius 1 is 1.22 bits per heavy atom. The maximum Gasteiger partial charge on any atom is 0.264 e. The molecule has 8 heteroatoms. The SMILES string of the molecule is CCCNS(=O)(=O)c1ccc(OCC(=O)N2CCc3cc(Br)ccc32)cc1. The van der Waals surface area contributed by atoms with Gasteiger partial charge in [0.25, 0.3) is 5.91 Å². The molecule has 2 aromatic carbocycles. The van der Waals surface area contributed by atoms with Crippen LogP contribution in [0.2, 0.25) is 0 Å². The number of fused-ring (bicyclic) bond motifs is 1. The van der Waals surface area contributed by atoms with E-state index in [0.29, 0.717) is 18.8 Å². The second kappa shape index (κ2) is 8.41. The molecule has 2 aromatic rings. The first-order chi connectivity index (χ1) is 12.9. The van der Waals surface area contributed by atoms with Crippen LogP contribution < -0.4 is 14.4 Å². The molecule has 0 aliphatic carbocycles. The van der Waals surface area contributed by atoms with Gasteiger partial charge in [0.15, 0.2) is 6.61 Å². The molecule has 0 saturated heterocycles. The minimum Gasteiger partial charge on any atom is -0.484 e. The number of nitrogens with zero attached hydrogens (tertiary/aromatic N) is 1. The average Bonchev–Trinajstić information content (AvgIpc) is 3.08. The largest absolute Gasteiger partial charge is 0.484 e. The van der Waals surface area contributed by atoms with E-state index in [1.807, 2.05) is 25.1 Å². The Bertz CT molecular complexity index is 929. The first-order valence-corrected chi connectivity index (χ1v) is 11.0. The minimum absolute atomic E-state index is 0.102. The van der Waals surface area contributed by atoms with E-state index >= 15 is 0 Å². The van der Waals surface area contributed by atoms with E-state index in [9.17, 15) is 13.2 Å². The molecule has 1 aliphatic heterocycles. The van der Waals surface area contributed by atoms with Gasteiger partial charge in [0.1, 0.15) is 5.75 Å². The molecule has 0 fully saturated rings. The number of rotatable bonds is 7. The van der Waals surface area contributed by atoms with Crippen LogP contribution >= 0.6 is 15.9 Å². The van der Waals surface area contributed by atoms with Crippen molar-refractivity contribution in [2.75, 3.05) is 24.6 Å². The maximum absolute atomic E-state index is 12.5. The van der Waals surface area contributed by atoms with Crippen LogP contribution in [0.3, 0.4) is 0 Å². The lowest BCUT2D eigenvalue weighted by molar-refractivity contribution is -0.120. The number of sulfonamides is 1. The standard InChI is InChI=1S/C19H21BrN2O4S/c1-2-10-21-27(24,25)17-6-4-16(5-7-17)26-13-19(23)22-11-9-14-12-15(20)3-8-18(14)22/h3-8,12,21H,2,9-11,13H2,1H3. The normalized spacial score (nSPS) is 13.5. The van der Waals surface area contributed by atoms with E-state index in [-0.39, 0.29) is 17.4 Å². The summed E-state index contributed by atoms with van der Waals surface area (Å²) >= 11 is 3.44. The Morgan fingerprint density at radius 2 is 1.96 bits per heavy atom. The third-order valence-electron chi connectivity index (χ3n) is 4.28. The van der Waals surface area contributed by atoms with Gasteiger partial charge in [-0.2, -0.15) is 0 Å². The number of ether oxygens (including phenoxy) is 1. The fourth-order valence-corrected chi connectivity index (χ4v) is 4.43. The molecule has 0 spiro atoms. The summed E-state index contributed by atoms with van der Waals surface area (Å²) < 4.78 is 33.2. The Kier molecular flexibility index (Phi) is 6.18. The van der Waals surface area contributed by atoms with Gasteiger partial charge in [-0.25, -0.2) is 13.1 Å². The van der Waals surface area contributed by atoms with E-state index in [4.69, 9.17) is 4.74 Å². The van der Waals surface area contributed by atoms with Gasteiger partial charge in [-0.1, -0.05) is 22.9 Å². The highest BCUT2D eigenvalue weighted by atomic mass is 79.9. The summed E-state index contributed by atoms with van der Waals surface area (Å²) in [4.78, 5) is 14.4. The van der Waals surface area contributed by atoms with Gasteiger partial charge < -0.3 is 9.64 Å². The lowest BCUT2D eigenvalue weighted by Gasteiger charge is -2.17. The third kappa shape index (κ3) is 4.69. The monoisotopic (exact) mass is 452 g/mol. The number of carbonyl (C=O) groups is 1. The highest BCUT2D eigenvalue weighted by Gasteiger charge is 2.25. The van der Waals surface area contributed by atoms with Gasteiger partial charge >= 0.3 is 0 Å². The van der Waals surface area contributed by atoms with Crippen molar-refractivity contribution in [2.24, 2.45) is 0 Å². The molecular weight excluding hydrogens is 432 g/mol. The molecule has 0 atom stereocenters. The smallest absolute Gasteiger partial charge is 0.264 e. The zero-order valence-corrected chi connectivity index (χ0v) is 17.3. The molecular formula is C19H21BrN2O4S. The molecule has 0 bridgehead atoms. The predicted molar refractivity (Wildman–Crippen MR) is 108 cm³/mol. The second-order valence-electron chi connectivity index (χ2n) is 6.23. The zero-order valence-electron chi connectivity index (χ0n) is 14.9. The molecule has 1 aliphatic rings. The number of carbonyl (C=O) groups excluding carboxylic acids is 1. The predicted octanol–water partition coefficient (Wildman–Crippen LogP) is 3.11. The van der Waals surface area contributed by atoms with Gasteiger partial charge in [0, 0.05) is 23.2 Å². The first kappa shape index (κ1) is 19.9. The van der Waals surface area contributed by atoms with Crippen LogP contribution in [0.15, 0.2) is 51.8 Å². The van der Waals surface area contributed by atoms with E-state index in [2.05, 4.69) is 20.7 Å². The Hall–Kier alpha value is -1.90. The van der Waals surface area contributed by atoms with Gasteiger partial charge in [0.05, 0.1) is 4.90 Å². The summed E-state index contributed by atoms with van der Waals surface area (Å²) in [5, 5.41) is 0. The second-order valence-corrected chi connectivity index (χ2v) is 8.91. The fourth-order valence-electron chi connectivity index (χ4n) is 2.89. The Balaban J connectivity index is 1.60. The fraction of sp³-hybridized carbons (Fsp3) is 0.316. The van der Waals surface area contributed by atoms with Crippen molar-refractivity contribution in [3.05, 3.63) is 52.5 Å². The molecule has 1 amide bonds. The highest BCUT2D eigenvalue weighted by molar-refractivity contribution is 9.10. The van der Waals surface area contributed by atoms with Crippen LogP contribution in [-0.4, -0.2) is 34.0 Å². The molecule has 0 saturated carbocycles. The highest BCUT2D eigenvalue weighted by Crippen LogP contribution is 2.30. The van der Waals surface area contributed by atoms with Gasteiger partial charge in [-0.15, -0.1) is 0 Å². The number of amides is 1. The van der Waals surface area contributed by atoms with Gasteiger partial charge in [0.2, 0.25) is 10.0 Å². The first-order valence-electron chi connectivity index (χ1n) is 8.72. The van der Waals surface area contributed by atoms with Crippen LogP contribution in [0.25, 0.3) is 0 Å². The van der Waals surface area contributed by atoms with Crippen molar-refractivity contribution in [1.29, 1.82) is 0 Å². The zero-order chi connectivity index (χ0) is 19.4. The van der Waals surface area contributed by atoms with Crippen LogP contribution in [-0.2, 0) is 21.2 Å². The Morgan fingerprint density at radius 3 is 2.67 bits per heavy atom. The summed E-state index contributed by atoms with van der Waals surface area (Å²) in [5.74, 6) is 0.324. The summed E-state index contributed by atoms with van der Waals surface area (Å²) in [5.41, 5.74) is 2.04. The van der Waals surface area contributed by atoms with Crippen molar-refractivity contribution in [1.82, 2.24) is 4.72 Å². The van der Waals surface area contributed by atoms with Crippen molar-refractivity contribution in [3.63, 3.8) is 0 Å². The molecule has 27 heavy (non-hydrogen) atoms. The Labute approximate surface area is 167 Å². The summed E-state index contributed by atoms with van der Waals surface area (Å²) in [6, 6.07) is 11.9. The van der Waals surface area contributed by atoms with Crippen LogP contribution in [0, 0.1) is 0 Å². The van der Waals surface area contributed by atoms with Crippen molar-refractivity contribution in [3.8, 4) is 5.75 Å². The quantitative estimate of drug-likeness (QED) is 0.699. The number of nitrogens with one attached hydrogen (secondary N) is 1. The van der Waals surface area contributed by atoms with E-state index < -0.39 is 10.0 Å². The van der Waals surface area contributed by atoms with Crippen LogP contribution in [0.4, 0.5) is 5.69 Å². The molecule has 0 radical (unpaired) electrons. The third-order valence-corrected chi connectivity index (χ3v) is 6.25. The lowest BCUT2D eigenvalue weighted by Crippen LogP contribution is -2.33. The maximum atomic E-state index is 12.5. The average molecular weight is 453 g/mol. The number of hydrogen-bond acceptors (Lipinski definition) is 4. The van der Waals surface area contributed by atoms with Gasteiger partial charge in [-0.3, -0.25) is 4.79 Å². The van der Waals surface area contributed by atoms with Gasteiger partial charge in [-0.05, 0) is 60.9 Å². The van der Waals surface area contributed by atoms with E-state index in [1.165, 1.54) is 12.1 Å². The van der Waals surface area contributed by atoms with Crippen molar-refractivity contribution < 1.29 is 17.9 Å². The van der Waals surface area contributed by atoms with Crippen molar-refractivity contribution >= 4 is 37.5 Å². The lowest BCUT2D eigenvalue weighted by atomic mass is 10.2. The summed E-state index contributed by atoms with van der Waals surface area (Å²) in [7, 11) is -3.51. The molecule has 6 nitrogen and oxygen atoms in total. The molecule has 1 N–H and O–H groups in total. The number of hydrogen-bond donors (Lipinski definition) is 1. The molecule has 0 unspecified atom stereocenters. The van der Waals surface area contributed by atoms with E-state index in [0.717, 1.165) is 28.6 Å².